The van der Waals surface area contributed by atoms with Gasteiger partial charge in [0.25, 0.3) is 0 Å². The Morgan fingerprint density at radius 1 is 0.545 bits per heavy atom. The fraction of sp³-hybridized carbons (Fsp3) is 0.708. The molecule has 0 aliphatic rings. The van der Waals surface area contributed by atoms with Crippen LogP contribution in [0.2, 0.25) is 52.4 Å². The van der Waals surface area contributed by atoms with Gasteiger partial charge in [0.2, 0.25) is 16.6 Å². The topological polar surface area (TPSA) is 140 Å². The van der Waals surface area contributed by atoms with E-state index in [4.69, 9.17) is 34.8 Å². The summed E-state index contributed by atoms with van der Waals surface area (Å²) in [5, 5.41) is 0. The van der Waals surface area contributed by atoms with Gasteiger partial charge in [0.05, 0.1) is 12.3 Å². The molecular weight excluding hydrogens is 675 g/mol. The second kappa shape index (κ2) is 14.7. The Kier molecular flexibility index (Phi) is 13.7. The van der Waals surface area contributed by atoms with E-state index < -0.39 is 67.9 Å². The van der Waals surface area contributed by atoms with Gasteiger partial charge in [0.15, 0.2) is 16.6 Å². The van der Waals surface area contributed by atoms with E-state index in [0.717, 1.165) is 13.7 Å². The first-order chi connectivity index (χ1) is 19.9. The molecule has 0 spiro atoms. The predicted molar refractivity (Wildman–Crippen MR) is 184 cm³/mol. The monoisotopic (exact) mass is 727 g/mol. The maximum Gasteiger partial charge on any atom is 0.529 e. The van der Waals surface area contributed by atoms with Gasteiger partial charge in [-0.15, -0.1) is 0 Å². The van der Waals surface area contributed by atoms with Gasteiger partial charge in [-0.3, -0.25) is 0 Å². The maximum atomic E-state index is 13.8. The molecule has 0 aliphatic heterocycles. The minimum atomic E-state index is -3.22. The smallest absolute Gasteiger partial charge is 0.451 e. The highest BCUT2D eigenvalue weighted by atomic mass is 28.5. The maximum absolute atomic E-state index is 13.8. The first-order valence-corrected chi connectivity index (χ1v) is 29.4. The highest BCUT2D eigenvalue weighted by Gasteiger charge is 2.53. The van der Waals surface area contributed by atoms with E-state index in [0.29, 0.717) is 9.64 Å². The molecule has 0 saturated heterocycles. The van der Waals surface area contributed by atoms with Crippen molar-refractivity contribution in [2.75, 3.05) is 42.7 Å². The number of nitrogens with zero attached hydrogens (tertiary/aromatic N) is 3. The van der Waals surface area contributed by atoms with E-state index in [-0.39, 0.29) is 12.3 Å². The molecule has 0 aliphatic carbocycles. The Hall–Kier alpha value is -1.13. The lowest BCUT2D eigenvalue weighted by Gasteiger charge is -2.39. The third kappa shape index (κ3) is 8.61. The summed E-state index contributed by atoms with van der Waals surface area (Å²) in [6.45, 7) is 23.9. The molecule has 1 aromatic rings. The van der Waals surface area contributed by atoms with Crippen LogP contribution in [-0.2, 0) is 54.2 Å². The number of hydrogen-bond acceptors (Lipinski definition) is 11. The molecule has 254 valence electrons. The zero-order valence-corrected chi connectivity index (χ0v) is 35.2. The molecule has 0 saturated carbocycles. The van der Waals surface area contributed by atoms with Crippen LogP contribution in [0.3, 0.4) is 0 Å². The van der Waals surface area contributed by atoms with Crippen LogP contribution < -0.4 is 17.1 Å². The molecule has 44 heavy (non-hydrogen) atoms. The minimum Gasteiger partial charge on any atom is -0.451 e. The van der Waals surface area contributed by atoms with Crippen molar-refractivity contribution in [3.8, 4) is 0 Å². The van der Waals surface area contributed by atoms with Crippen molar-refractivity contribution in [2.24, 2.45) is 7.05 Å². The van der Waals surface area contributed by atoms with Gasteiger partial charge >= 0.3 is 34.7 Å². The molecule has 14 nitrogen and oxygen atoms in total. The minimum absolute atomic E-state index is 0.00747. The van der Waals surface area contributed by atoms with Crippen LogP contribution in [0.15, 0.2) is 37.2 Å². The summed E-state index contributed by atoms with van der Waals surface area (Å²) < 4.78 is 50.3. The predicted octanol–water partition coefficient (Wildman–Crippen LogP) is 1.67. The molecule has 0 aromatic carbocycles. The zero-order valence-electron chi connectivity index (χ0n) is 29.2. The second-order valence-electron chi connectivity index (χ2n) is 12.6. The molecule has 0 N–H and O–H groups in total. The Balaban J connectivity index is 3.53. The Labute approximate surface area is 267 Å². The second-order valence-corrected chi connectivity index (χ2v) is 36.1. The summed E-state index contributed by atoms with van der Waals surface area (Å²) in [7, 11) is -7.17. The summed E-state index contributed by atoms with van der Waals surface area (Å²) >= 11 is 0. The van der Waals surface area contributed by atoms with Crippen molar-refractivity contribution in [1.29, 1.82) is 0 Å². The SMILES string of the molecule is C=C([Si](C)(C)O[Si](C)(C)Cn1c(=O)n(C)c(=O)n(C[Si](C)(C)O[Si](C)(C)C(=C)[Si](OC)(OC)OC)c1=O)[Si](OC)(OC)OC. The molecular formula is C24H53N3O11Si6. The first kappa shape index (κ1) is 40.9. The van der Waals surface area contributed by atoms with Gasteiger partial charge in [-0.2, -0.15) is 0 Å². The number of aromatic nitrogens is 3. The van der Waals surface area contributed by atoms with Gasteiger partial charge < -0.3 is 34.8 Å². The summed E-state index contributed by atoms with van der Waals surface area (Å²) in [5.41, 5.74) is -2.15. The Bertz CT molecular complexity index is 1260. The fourth-order valence-electron chi connectivity index (χ4n) is 5.33. The molecule has 0 bridgehead atoms. The first-order valence-electron chi connectivity index (χ1n) is 13.9. The van der Waals surface area contributed by atoms with E-state index in [9.17, 15) is 14.4 Å². The van der Waals surface area contributed by atoms with Crippen molar-refractivity contribution in [3.63, 3.8) is 0 Å². The lowest BCUT2D eigenvalue weighted by atomic mass is 10.8. The quantitative estimate of drug-likeness (QED) is 0.204. The van der Waals surface area contributed by atoms with Crippen LogP contribution in [0.25, 0.3) is 0 Å². The Morgan fingerprint density at radius 2 is 0.795 bits per heavy atom. The van der Waals surface area contributed by atoms with Crippen LogP contribution in [0, 0.1) is 0 Å². The van der Waals surface area contributed by atoms with Crippen LogP contribution >= 0.6 is 0 Å². The Morgan fingerprint density at radius 3 is 1.02 bits per heavy atom. The van der Waals surface area contributed by atoms with Crippen LogP contribution in [-0.4, -0.2) is 107 Å². The van der Waals surface area contributed by atoms with E-state index in [1.807, 2.05) is 52.4 Å². The molecule has 0 radical (unpaired) electrons. The molecule has 1 rings (SSSR count). The van der Waals surface area contributed by atoms with Gasteiger partial charge in [0.1, 0.15) is 0 Å². The normalized spacial score (nSPS) is 13.8. The third-order valence-electron chi connectivity index (χ3n) is 7.44. The van der Waals surface area contributed by atoms with Crippen molar-refractivity contribution in [2.45, 2.75) is 64.7 Å². The molecule has 20 heteroatoms. The van der Waals surface area contributed by atoms with Crippen molar-refractivity contribution < 1.29 is 34.8 Å². The van der Waals surface area contributed by atoms with Crippen LogP contribution in [0.4, 0.5) is 0 Å². The summed E-state index contributed by atoms with van der Waals surface area (Å²) in [4.78, 5) is 41.7. The average Bonchev–Trinajstić information content (AvgIpc) is 2.93. The van der Waals surface area contributed by atoms with Gasteiger partial charge in [-0.1, -0.05) is 13.2 Å². The van der Waals surface area contributed by atoms with Crippen molar-refractivity contribution in [3.05, 3.63) is 54.3 Å². The van der Waals surface area contributed by atoms with Gasteiger partial charge in [-0.05, 0) is 52.4 Å². The molecule has 0 amide bonds. The van der Waals surface area contributed by atoms with Crippen LogP contribution in [0.5, 0.6) is 0 Å². The molecule has 0 fully saturated rings. The summed E-state index contributed by atoms with van der Waals surface area (Å²) in [6.07, 6.45) is 0.0149. The van der Waals surface area contributed by atoms with E-state index in [1.54, 1.807) is 0 Å². The number of rotatable bonds is 18. The molecule has 0 unspecified atom stereocenters. The highest BCUT2D eigenvalue weighted by molar-refractivity contribution is 7.00. The van der Waals surface area contributed by atoms with Crippen molar-refractivity contribution in [1.82, 2.24) is 13.7 Å². The third-order valence-corrected chi connectivity index (χ3v) is 31.2. The van der Waals surface area contributed by atoms with Gasteiger partial charge in [-0.25, -0.2) is 28.1 Å². The van der Waals surface area contributed by atoms with E-state index in [1.165, 1.54) is 49.7 Å². The largest absolute Gasteiger partial charge is 0.529 e. The fourth-order valence-corrected chi connectivity index (χ4v) is 31.1. The van der Waals surface area contributed by atoms with Gasteiger partial charge in [0, 0.05) is 59.3 Å². The standard InChI is InChI=1S/C24H53N3O11Si6/c1-20(43(31-4,32-5)33-6)41(14,15)37-39(10,11)18-26-22(28)25(3)23(29)27(24(26)30)19-40(12,13)38-42(16,17)21(2)44(34-7,35-8)36-9/h1-2,18-19H2,3-17H3. The van der Waals surface area contributed by atoms with E-state index in [2.05, 4.69) is 13.2 Å². The lowest BCUT2D eigenvalue weighted by molar-refractivity contribution is 0.135. The van der Waals surface area contributed by atoms with Crippen LogP contribution in [0.1, 0.15) is 0 Å². The lowest BCUT2D eigenvalue weighted by Crippen LogP contribution is -2.62. The zero-order chi connectivity index (χ0) is 34.7. The van der Waals surface area contributed by atoms with E-state index >= 15 is 0 Å². The average molecular weight is 728 g/mol. The molecule has 1 aromatic heterocycles. The summed E-state index contributed by atoms with van der Waals surface area (Å²) in [5.74, 6) is 0. The number of hydrogen-bond donors (Lipinski definition) is 0. The molecule has 1 heterocycles. The summed E-state index contributed by atoms with van der Waals surface area (Å²) in [6, 6.07) is 0. The van der Waals surface area contributed by atoms with Crippen molar-refractivity contribution >= 4 is 50.9 Å². The highest BCUT2D eigenvalue weighted by Crippen LogP contribution is 2.30. The molecule has 0 atom stereocenters.